The first-order valence-corrected chi connectivity index (χ1v) is 15.7. The number of carbonyl (C=O) groups is 3. The molecule has 216 valence electrons. The van der Waals surface area contributed by atoms with Crippen LogP contribution in [0.15, 0.2) is 66.7 Å². The maximum atomic E-state index is 14.7. The van der Waals surface area contributed by atoms with E-state index in [0.29, 0.717) is 53.3 Å². The van der Waals surface area contributed by atoms with E-state index in [1.165, 1.54) is 0 Å². The molecule has 1 aliphatic heterocycles. The second kappa shape index (κ2) is 11.4. The molecule has 1 aliphatic carbocycles. The van der Waals surface area contributed by atoms with E-state index in [0.717, 1.165) is 11.3 Å². The van der Waals surface area contributed by atoms with Gasteiger partial charge >= 0.3 is 0 Å². The number of H-pyrrole nitrogens is 1. The van der Waals surface area contributed by atoms with E-state index in [-0.39, 0.29) is 29.2 Å². The summed E-state index contributed by atoms with van der Waals surface area (Å²) in [5, 5.41) is 3.47. The van der Waals surface area contributed by atoms with Gasteiger partial charge in [-0.2, -0.15) is 11.8 Å². The van der Waals surface area contributed by atoms with E-state index in [1.807, 2.05) is 62.6 Å². The van der Waals surface area contributed by atoms with Crippen molar-refractivity contribution in [3.8, 4) is 11.5 Å². The lowest BCUT2D eigenvalue weighted by Crippen LogP contribution is -2.58. The molecule has 2 heterocycles. The van der Waals surface area contributed by atoms with Gasteiger partial charge in [-0.05, 0) is 62.1 Å². The molecule has 8 nitrogen and oxygen atoms in total. The number of hydrogen-bond acceptors (Lipinski definition) is 8. The number of carbonyl (C=O) groups excluding carboxylic acids is 3. The monoisotopic (exact) mass is 583 g/mol. The van der Waals surface area contributed by atoms with Crippen molar-refractivity contribution in [1.82, 2.24) is 15.3 Å². The van der Waals surface area contributed by atoms with E-state index < -0.39 is 17.4 Å². The Morgan fingerprint density at radius 1 is 0.929 bits per heavy atom. The Morgan fingerprint density at radius 2 is 1.60 bits per heavy atom. The number of ketones is 3. The minimum Gasteiger partial charge on any atom is -0.490 e. The number of benzene rings is 3. The smallest absolute Gasteiger partial charge is 0.204 e. The number of nitrogens with one attached hydrogen (secondary N) is 2. The second-order valence-corrected chi connectivity index (χ2v) is 11.6. The Morgan fingerprint density at radius 3 is 2.26 bits per heavy atom. The number of ether oxygens (including phenoxy) is 2. The molecular formula is C33H33N3O5S. The van der Waals surface area contributed by atoms with Gasteiger partial charge in [-0.15, -0.1) is 0 Å². The van der Waals surface area contributed by atoms with Crippen LogP contribution in [0.25, 0.3) is 11.0 Å². The molecule has 0 saturated carbocycles. The summed E-state index contributed by atoms with van der Waals surface area (Å²) in [6.45, 7) is 4.71. The van der Waals surface area contributed by atoms with E-state index in [4.69, 9.17) is 9.47 Å². The minimum atomic E-state index is -1.75. The predicted molar refractivity (Wildman–Crippen MR) is 163 cm³/mol. The van der Waals surface area contributed by atoms with Gasteiger partial charge in [0, 0.05) is 23.1 Å². The number of imidazole rings is 1. The van der Waals surface area contributed by atoms with Crippen LogP contribution in [0.4, 0.5) is 0 Å². The highest BCUT2D eigenvalue weighted by Gasteiger charge is 2.67. The Hall–Kier alpha value is -3.95. The summed E-state index contributed by atoms with van der Waals surface area (Å²) < 4.78 is 11.8. The van der Waals surface area contributed by atoms with Crippen LogP contribution in [0, 0.1) is 5.92 Å². The molecular weight excluding hydrogens is 550 g/mol. The Labute approximate surface area is 248 Å². The molecule has 6 rings (SSSR count). The molecule has 1 fully saturated rings. The lowest BCUT2D eigenvalue weighted by atomic mass is 9.70. The highest BCUT2D eigenvalue weighted by atomic mass is 32.2. The molecule has 1 aromatic heterocycles. The minimum absolute atomic E-state index is 0.130. The molecule has 1 saturated heterocycles. The standard InChI is InChI=1S/C33H33N3O5S/c1-4-40-25-15-14-19(18-26(25)41-5-2)27-24(16-17-42-3)36-33(30(38)20-10-6-7-11-21(20)31(33)39)28(27)29(37)32-34-22-12-8-9-13-23(22)35-32/h6-15,18,24,27-28,36H,4-5,16-17H2,1-3H3,(H,34,35). The maximum absolute atomic E-state index is 14.7. The number of Topliss-reactive ketones (excluding diaryl/α,β-unsaturated/α-hetero) is 3. The summed E-state index contributed by atoms with van der Waals surface area (Å²) >= 11 is 1.68. The normalized spacial score (nSPS) is 20.8. The first-order chi connectivity index (χ1) is 20.4. The highest BCUT2D eigenvalue weighted by molar-refractivity contribution is 7.98. The van der Waals surface area contributed by atoms with Gasteiger partial charge in [0.25, 0.3) is 0 Å². The zero-order valence-electron chi connectivity index (χ0n) is 23.8. The lowest BCUT2D eigenvalue weighted by molar-refractivity contribution is 0.0653. The van der Waals surface area contributed by atoms with Gasteiger partial charge in [0.1, 0.15) is 0 Å². The van der Waals surface area contributed by atoms with Crippen LogP contribution in [0.5, 0.6) is 11.5 Å². The van der Waals surface area contributed by atoms with E-state index in [9.17, 15) is 14.4 Å². The van der Waals surface area contributed by atoms with Gasteiger partial charge in [0.05, 0.1) is 30.2 Å². The third kappa shape index (κ3) is 4.42. The molecule has 2 aliphatic rings. The highest BCUT2D eigenvalue weighted by Crippen LogP contribution is 2.51. The topological polar surface area (TPSA) is 110 Å². The molecule has 0 amide bonds. The first-order valence-electron chi connectivity index (χ1n) is 14.3. The third-order valence-electron chi connectivity index (χ3n) is 8.30. The lowest BCUT2D eigenvalue weighted by Gasteiger charge is -2.29. The Balaban J connectivity index is 1.56. The second-order valence-electron chi connectivity index (χ2n) is 10.6. The van der Waals surface area contributed by atoms with Crippen molar-refractivity contribution in [2.24, 2.45) is 5.92 Å². The number of fused-ring (bicyclic) bond motifs is 2. The molecule has 1 spiro atoms. The number of rotatable bonds is 10. The third-order valence-corrected chi connectivity index (χ3v) is 8.94. The fourth-order valence-electron chi connectivity index (χ4n) is 6.57. The first kappa shape index (κ1) is 28.2. The molecule has 0 bridgehead atoms. The molecule has 0 radical (unpaired) electrons. The molecule has 4 aromatic rings. The van der Waals surface area contributed by atoms with Crippen molar-refractivity contribution in [2.75, 3.05) is 25.2 Å². The fourth-order valence-corrected chi connectivity index (χ4v) is 7.06. The molecule has 3 atom stereocenters. The zero-order chi connectivity index (χ0) is 29.4. The van der Waals surface area contributed by atoms with Crippen LogP contribution in [0.3, 0.4) is 0 Å². The van der Waals surface area contributed by atoms with Gasteiger partial charge in [-0.25, -0.2) is 4.98 Å². The Bertz CT molecular complexity index is 1610. The van der Waals surface area contributed by atoms with Crippen molar-refractivity contribution in [1.29, 1.82) is 0 Å². The van der Waals surface area contributed by atoms with Gasteiger partial charge in [-0.3, -0.25) is 19.7 Å². The molecule has 42 heavy (non-hydrogen) atoms. The van der Waals surface area contributed by atoms with Crippen LogP contribution < -0.4 is 14.8 Å². The average molecular weight is 584 g/mol. The van der Waals surface area contributed by atoms with E-state index in [2.05, 4.69) is 15.3 Å². The number of aromatic nitrogens is 2. The summed E-state index contributed by atoms with van der Waals surface area (Å²) in [6.07, 6.45) is 2.66. The maximum Gasteiger partial charge on any atom is 0.204 e. The number of hydrogen-bond donors (Lipinski definition) is 2. The summed E-state index contributed by atoms with van der Waals surface area (Å²) in [5.41, 5.74) is 1.07. The summed E-state index contributed by atoms with van der Waals surface area (Å²) in [7, 11) is 0. The summed E-state index contributed by atoms with van der Waals surface area (Å²) in [5.74, 6) is -0.619. The van der Waals surface area contributed by atoms with Crippen LogP contribution in [0.1, 0.15) is 63.1 Å². The van der Waals surface area contributed by atoms with Gasteiger partial charge in [0.15, 0.2) is 34.4 Å². The van der Waals surface area contributed by atoms with Crippen LogP contribution in [-0.4, -0.2) is 64.1 Å². The molecule has 2 N–H and O–H groups in total. The average Bonchev–Trinajstić information content (AvgIpc) is 3.66. The van der Waals surface area contributed by atoms with Crippen LogP contribution >= 0.6 is 11.8 Å². The Kier molecular flexibility index (Phi) is 7.64. The number of para-hydroxylation sites is 2. The van der Waals surface area contributed by atoms with Crippen molar-refractivity contribution < 1.29 is 23.9 Å². The SMILES string of the molecule is CCOc1ccc(C2C(CCSC)NC3(C(=O)c4ccccc4C3=O)C2C(=O)c2nc3ccccc3[nH]2)cc1OCC. The van der Waals surface area contributed by atoms with Gasteiger partial charge in [0.2, 0.25) is 5.78 Å². The largest absolute Gasteiger partial charge is 0.490 e. The van der Waals surface area contributed by atoms with E-state index in [1.54, 1.807) is 36.0 Å². The van der Waals surface area contributed by atoms with Crippen LogP contribution in [0.2, 0.25) is 0 Å². The van der Waals surface area contributed by atoms with Crippen LogP contribution in [-0.2, 0) is 0 Å². The summed E-state index contributed by atoms with van der Waals surface area (Å²) in [6, 6.07) is 19.5. The predicted octanol–water partition coefficient (Wildman–Crippen LogP) is 5.49. The molecule has 3 unspecified atom stereocenters. The number of nitrogens with zero attached hydrogens (tertiary/aromatic N) is 1. The quantitative estimate of drug-likeness (QED) is 0.186. The van der Waals surface area contributed by atoms with Crippen molar-refractivity contribution in [3.05, 3.63) is 89.2 Å². The fraction of sp³-hybridized carbons (Fsp3) is 0.333. The summed E-state index contributed by atoms with van der Waals surface area (Å²) in [4.78, 5) is 51.1. The number of thioether (sulfide) groups is 1. The zero-order valence-corrected chi connectivity index (χ0v) is 24.6. The molecule has 3 aromatic carbocycles. The molecule has 9 heteroatoms. The number of aromatic amines is 1. The van der Waals surface area contributed by atoms with Crippen molar-refractivity contribution in [3.63, 3.8) is 0 Å². The van der Waals surface area contributed by atoms with Gasteiger partial charge in [-0.1, -0.05) is 42.5 Å². The van der Waals surface area contributed by atoms with Gasteiger partial charge < -0.3 is 14.5 Å². The van der Waals surface area contributed by atoms with E-state index >= 15 is 0 Å². The van der Waals surface area contributed by atoms with Crippen molar-refractivity contribution in [2.45, 2.75) is 37.8 Å². The van der Waals surface area contributed by atoms with Crippen molar-refractivity contribution >= 4 is 40.1 Å².